The van der Waals surface area contributed by atoms with Gasteiger partial charge >= 0.3 is 0 Å². The van der Waals surface area contributed by atoms with Gasteiger partial charge in [-0.3, -0.25) is 0 Å². The van der Waals surface area contributed by atoms with Gasteiger partial charge in [0, 0.05) is 12.6 Å². The summed E-state index contributed by atoms with van der Waals surface area (Å²) in [7, 11) is 1.66. The molecule has 0 saturated heterocycles. The van der Waals surface area contributed by atoms with Crippen LogP contribution in [-0.2, 0) is 6.54 Å². The summed E-state index contributed by atoms with van der Waals surface area (Å²) in [6.07, 6.45) is 0. The van der Waals surface area contributed by atoms with Crippen LogP contribution >= 0.6 is 22.9 Å². The van der Waals surface area contributed by atoms with Crippen LogP contribution in [0.2, 0.25) is 5.15 Å². The summed E-state index contributed by atoms with van der Waals surface area (Å²) in [5, 5.41) is 8.06. The number of thiazole rings is 1. The van der Waals surface area contributed by atoms with Gasteiger partial charge in [-0.1, -0.05) is 43.7 Å². The molecule has 0 spiro atoms. The summed E-state index contributed by atoms with van der Waals surface area (Å²) in [5.41, 5.74) is 2.20. The Bertz CT molecular complexity index is 935. The Hall–Kier alpha value is -1.89. The van der Waals surface area contributed by atoms with E-state index in [0.717, 1.165) is 33.2 Å². The molecule has 2 heterocycles. The number of benzene rings is 1. The Morgan fingerprint density at radius 1 is 1.19 bits per heavy atom. The van der Waals surface area contributed by atoms with Crippen LogP contribution in [-0.4, -0.2) is 23.1 Å². The highest BCUT2D eigenvalue weighted by molar-refractivity contribution is 7.22. The van der Waals surface area contributed by atoms with Gasteiger partial charge in [0.15, 0.2) is 5.13 Å². The van der Waals surface area contributed by atoms with E-state index in [4.69, 9.17) is 16.3 Å². The molecule has 1 atom stereocenters. The molecule has 0 saturated carbocycles. The van der Waals surface area contributed by atoms with Crippen LogP contribution in [0.4, 0.5) is 10.9 Å². The van der Waals surface area contributed by atoms with Gasteiger partial charge in [0.1, 0.15) is 16.7 Å². The molecule has 3 rings (SSSR count). The molecular weight excluding hydrogens is 380 g/mol. The highest BCUT2D eigenvalue weighted by atomic mass is 35.5. The van der Waals surface area contributed by atoms with E-state index in [1.165, 1.54) is 0 Å². The second-order valence-corrected chi connectivity index (χ2v) is 9.05. The number of aromatic nitrogens is 2. The molecule has 0 bridgehead atoms. The first kappa shape index (κ1) is 19.9. The highest BCUT2D eigenvalue weighted by Crippen LogP contribution is 2.31. The van der Waals surface area contributed by atoms with Crippen LogP contribution in [0.3, 0.4) is 0 Å². The van der Waals surface area contributed by atoms with Crippen molar-refractivity contribution >= 4 is 44.1 Å². The van der Waals surface area contributed by atoms with Crippen LogP contribution in [0.1, 0.15) is 33.3 Å². The van der Waals surface area contributed by atoms with Crippen molar-refractivity contribution in [1.29, 1.82) is 0 Å². The number of hydrogen-bond acceptors (Lipinski definition) is 6. The van der Waals surface area contributed by atoms with Gasteiger partial charge in [0.25, 0.3) is 0 Å². The minimum atomic E-state index is 0.194. The molecule has 0 aliphatic carbocycles. The van der Waals surface area contributed by atoms with Gasteiger partial charge in [0.2, 0.25) is 0 Å². The smallest absolute Gasteiger partial charge is 0.189 e. The first-order chi connectivity index (χ1) is 12.7. The van der Waals surface area contributed by atoms with Crippen LogP contribution in [0, 0.1) is 5.41 Å². The number of hydrogen-bond donors (Lipinski definition) is 2. The van der Waals surface area contributed by atoms with E-state index in [9.17, 15) is 0 Å². The molecule has 0 amide bonds. The molecule has 144 valence electrons. The van der Waals surface area contributed by atoms with Crippen LogP contribution < -0.4 is 15.4 Å². The second-order valence-electron chi connectivity index (χ2n) is 7.63. The summed E-state index contributed by atoms with van der Waals surface area (Å²) >= 11 is 7.78. The lowest BCUT2D eigenvalue weighted by Crippen LogP contribution is -2.37. The molecule has 0 fully saturated rings. The van der Waals surface area contributed by atoms with Gasteiger partial charge in [-0.15, -0.1) is 0 Å². The standard InChI is InChI=1S/C20H25ClN4OS/c1-12(20(2,3)4)22-11-13-8-17(21)24-18(9-13)25-19-23-15-7-6-14(26-5)10-16(15)27-19/h6-10,12,22H,11H2,1-5H3,(H,23,24,25). The number of ether oxygens (including phenoxy) is 1. The second kappa shape index (κ2) is 8.00. The highest BCUT2D eigenvalue weighted by Gasteiger charge is 2.19. The molecular formula is C20H25ClN4OS. The Labute approximate surface area is 169 Å². The zero-order chi connectivity index (χ0) is 19.6. The summed E-state index contributed by atoms with van der Waals surface area (Å²) in [6.45, 7) is 9.58. The Balaban J connectivity index is 1.76. The van der Waals surface area contributed by atoms with Crippen molar-refractivity contribution in [3.63, 3.8) is 0 Å². The fourth-order valence-corrected chi connectivity index (χ4v) is 3.62. The van der Waals surface area contributed by atoms with E-state index in [0.29, 0.717) is 17.0 Å². The zero-order valence-electron chi connectivity index (χ0n) is 16.3. The van der Waals surface area contributed by atoms with Crippen LogP contribution in [0.25, 0.3) is 10.2 Å². The number of nitrogens with one attached hydrogen (secondary N) is 2. The zero-order valence-corrected chi connectivity index (χ0v) is 17.8. The number of halogens is 1. The number of pyridine rings is 1. The van der Waals surface area contributed by atoms with Crippen LogP contribution in [0.5, 0.6) is 5.75 Å². The fourth-order valence-electron chi connectivity index (χ4n) is 2.49. The van der Waals surface area contributed by atoms with Crippen molar-refractivity contribution in [2.24, 2.45) is 5.41 Å². The predicted molar refractivity (Wildman–Crippen MR) is 114 cm³/mol. The molecule has 7 heteroatoms. The maximum absolute atomic E-state index is 6.23. The van der Waals surface area contributed by atoms with Gasteiger partial charge in [-0.2, -0.15) is 0 Å². The topological polar surface area (TPSA) is 59.1 Å². The molecule has 1 unspecified atom stereocenters. The number of anilines is 2. The van der Waals surface area contributed by atoms with E-state index in [2.05, 4.69) is 48.3 Å². The number of rotatable bonds is 6. The lowest BCUT2D eigenvalue weighted by Gasteiger charge is -2.28. The first-order valence-corrected chi connectivity index (χ1v) is 10.1. The third-order valence-corrected chi connectivity index (χ3v) is 5.72. The number of fused-ring (bicyclic) bond motifs is 1. The van der Waals surface area contributed by atoms with Crippen LogP contribution in [0.15, 0.2) is 30.3 Å². The Kier molecular flexibility index (Phi) is 5.89. The number of methoxy groups -OCH3 is 1. The molecule has 2 N–H and O–H groups in total. The van der Waals surface area contributed by atoms with Crippen molar-refractivity contribution in [2.45, 2.75) is 40.3 Å². The molecule has 27 heavy (non-hydrogen) atoms. The summed E-state index contributed by atoms with van der Waals surface area (Å²) in [5.74, 6) is 1.51. The average Bonchev–Trinajstić information content (AvgIpc) is 2.99. The van der Waals surface area contributed by atoms with E-state index in [1.54, 1.807) is 18.4 Å². The predicted octanol–water partition coefficient (Wildman–Crippen LogP) is 5.62. The van der Waals surface area contributed by atoms with Gasteiger partial charge in [-0.05, 0) is 48.2 Å². The third kappa shape index (κ3) is 5.09. The minimum Gasteiger partial charge on any atom is -0.497 e. The fraction of sp³-hybridized carbons (Fsp3) is 0.400. The molecule has 0 aliphatic heterocycles. The molecule has 3 aromatic rings. The monoisotopic (exact) mass is 404 g/mol. The molecule has 0 radical (unpaired) electrons. The Morgan fingerprint density at radius 2 is 1.96 bits per heavy atom. The maximum atomic E-state index is 6.23. The third-order valence-electron chi connectivity index (χ3n) is 4.60. The SMILES string of the molecule is COc1ccc2nc(Nc3cc(CNC(C)C(C)(C)C)cc(Cl)n3)sc2c1. The molecule has 1 aromatic carbocycles. The Morgan fingerprint density at radius 3 is 2.67 bits per heavy atom. The van der Waals surface area contributed by atoms with Crippen molar-refractivity contribution in [3.05, 3.63) is 41.0 Å². The van der Waals surface area contributed by atoms with E-state index >= 15 is 0 Å². The van der Waals surface area contributed by atoms with E-state index in [-0.39, 0.29) is 5.41 Å². The lowest BCUT2D eigenvalue weighted by atomic mass is 9.88. The largest absolute Gasteiger partial charge is 0.497 e. The van der Waals surface area contributed by atoms with Crippen molar-refractivity contribution in [1.82, 2.24) is 15.3 Å². The molecule has 5 nitrogen and oxygen atoms in total. The quantitative estimate of drug-likeness (QED) is 0.522. The van der Waals surface area contributed by atoms with Gasteiger partial charge in [-0.25, -0.2) is 9.97 Å². The summed E-state index contributed by atoms with van der Waals surface area (Å²) in [4.78, 5) is 8.98. The van der Waals surface area contributed by atoms with E-state index < -0.39 is 0 Å². The normalized spacial score (nSPS) is 13.0. The maximum Gasteiger partial charge on any atom is 0.189 e. The van der Waals surface area contributed by atoms with Crippen molar-refractivity contribution < 1.29 is 4.74 Å². The molecule has 2 aromatic heterocycles. The summed E-state index contributed by atoms with van der Waals surface area (Å²) < 4.78 is 6.33. The van der Waals surface area contributed by atoms with Gasteiger partial charge in [0.05, 0.1) is 17.3 Å². The minimum absolute atomic E-state index is 0.194. The summed E-state index contributed by atoms with van der Waals surface area (Å²) in [6, 6.07) is 10.1. The van der Waals surface area contributed by atoms with Crippen molar-refractivity contribution in [3.8, 4) is 5.75 Å². The van der Waals surface area contributed by atoms with Gasteiger partial charge < -0.3 is 15.4 Å². The molecule has 0 aliphatic rings. The average molecular weight is 405 g/mol. The number of nitrogens with zero attached hydrogens (tertiary/aromatic N) is 2. The lowest BCUT2D eigenvalue weighted by molar-refractivity contribution is 0.285. The van der Waals surface area contributed by atoms with Crippen molar-refractivity contribution in [2.75, 3.05) is 12.4 Å². The first-order valence-electron chi connectivity index (χ1n) is 8.86. The van der Waals surface area contributed by atoms with E-state index in [1.807, 2.05) is 30.3 Å².